The van der Waals surface area contributed by atoms with Crippen LogP contribution in [0.1, 0.15) is 0 Å². The van der Waals surface area contributed by atoms with Crippen LogP contribution < -0.4 is 0 Å². The zero-order chi connectivity index (χ0) is 14.7. The van der Waals surface area contributed by atoms with Crippen molar-refractivity contribution < 1.29 is 28.3 Å². The van der Waals surface area contributed by atoms with Crippen molar-refractivity contribution in [2.24, 2.45) is 0 Å². The molecule has 0 aliphatic heterocycles. The summed E-state index contributed by atoms with van der Waals surface area (Å²) < 4.78 is 20.7. The summed E-state index contributed by atoms with van der Waals surface area (Å²) in [5.41, 5.74) is 0. The Morgan fingerprint density at radius 2 is 1.11 bits per heavy atom. The van der Waals surface area contributed by atoms with Crippen molar-refractivity contribution in [3.8, 4) is 11.5 Å². The summed E-state index contributed by atoms with van der Waals surface area (Å²) in [5.74, 6) is 5.23. The molecule has 0 saturated carbocycles. The van der Waals surface area contributed by atoms with Gasteiger partial charge in [0.25, 0.3) is 0 Å². The molecule has 0 aromatic heterocycles. The fraction of sp³-hybridized carbons (Fsp3) is 0.800. The van der Waals surface area contributed by atoms with E-state index in [1.807, 2.05) is 28.2 Å². The summed E-state index contributed by atoms with van der Waals surface area (Å²) in [6.45, 7) is 1.29. The molecule has 0 atom stereocenters. The third kappa shape index (κ3) is 13.9. The van der Waals surface area contributed by atoms with Crippen molar-refractivity contribution in [3.63, 3.8) is 0 Å². The van der Waals surface area contributed by atoms with E-state index in [1.165, 1.54) is 0 Å². The molecule has 0 rings (SSSR count). The van der Waals surface area contributed by atoms with E-state index < -0.39 is 0 Å². The van der Waals surface area contributed by atoms with Crippen LogP contribution in [0.4, 0.5) is 0 Å². The van der Waals surface area contributed by atoms with E-state index in [4.69, 9.17) is 10.2 Å². The molecular formula is C10H22N2O4P2+2. The van der Waals surface area contributed by atoms with Crippen molar-refractivity contribution >= 4 is 15.8 Å². The average molecular weight is 296 g/mol. The van der Waals surface area contributed by atoms with Gasteiger partial charge < -0.3 is 0 Å². The molecule has 0 spiro atoms. The Labute approximate surface area is 111 Å². The van der Waals surface area contributed by atoms with Crippen LogP contribution in [0.3, 0.4) is 0 Å². The van der Waals surface area contributed by atoms with Gasteiger partial charge in [0.15, 0.2) is 0 Å². The Balaban J connectivity index is 0. The molecule has 0 amide bonds. The van der Waals surface area contributed by atoms with Gasteiger partial charge in [0, 0.05) is 0 Å². The van der Waals surface area contributed by atoms with Crippen LogP contribution in [-0.4, -0.2) is 73.7 Å². The molecule has 0 radical (unpaired) electrons. The molecule has 0 heterocycles. The second kappa shape index (κ2) is 10.8. The number of likely N-dealkylation sites (N-methyl/N-ethyl adjacent to an activating group) is 2. The van der Waals surface area contributed by atoms with Gasteiger partial charge in [-0.15, -0.1) is 0 Å². The second-order valence-electron chi connectivity index (χ2n) is 4.65. The van der Waals surface area contributed by atoms with E-state index >= 15 is 0 Å². The molecule has 0 aliphatic carbocycles. The van der Waals surface area contributed by atoms with Crippen LogP contribution in [0.15, 0.2) is 0 Å². The van der Waals surface area contributed by atoms with Gasteiger partial charge in [-0.2, -0.15) is 0 Å². The first-order chi connectivity index (χ1) is 8.24. The standard InChI is InChI=1S/2C5H11NO2P/c2*1-6(2,3-4-7)5-9-8/h2*7H,3-4H2,1-2H3/q2*+1. The maximum absolute atomic E-state index is 9.98. The van der Waals surface area contributed by atoms with E-state index in [2.05, 4.69) is 11.5 Å². The average Bonchev–Trinajstić information content (AvgIpc) is 2.17. The Hall–Kier alpha value is -0.140. The van der Waals surface area contributed by atoms with Crippen molar-refractivity contribution in [1.82, 2.24) is 0 Å². The number of aliphatic hydroxyl groups is 2. The molecule has 0 fully saturated rings. The van der Waals surface area contributed by atoms with Crippen LogP contribution in [0.25, 0.3) is 0 Å². The quantitative estimate of drug-likeness (QED) is 0.586. The fourth-order valence-electron chi connectivity index (χ4n) is 0.821. The fourth-order valence-corrected chi connectivity index (χ4v) is 1.46. The third-order valence-electron chi connectivity index (χ3n) is 1.94. The van der Waals surface area contributed by atoms with Crippen molar-refractivity contribution in [2.45, 2.75) is 0 Å². The molecule has 0 aromatic rings. The molecular weight excluding hydrogens is 274 g/mol. The summed E-state index contributed by atoms with van der Waals surface area (Å²) in [6, 6.07) is 0. The molecule has 6 nitrogen and oxygen atoms in total. The number of quaternary nitrogens is 2. The first kappa shape index (κ1) is 20.2. The maximum atomic E-state index is 9.98. The molecule has 0 aromatic carbocycles. The molecule has 18 heavy (non-hydrogen) atoms. The van der Waals surface area contributed by atoms with Gasteiger partial charge in [0.1, 0.15) is 0 Å². The summed E-state index contributed by atoms with van der Waals surface area (Å²) in [5, 5.41) is 16.9. The predicted molar refractivity (Wildman–Crippen MR) is 71.1 cm³/mol. The van der Waals surface area contributed by atoms with Gasteiger partial charge in [-0.1, -0.05) is 0 Å². The zero-order valence-corrected chi connectivity index (χ0v) is 13.1. The monoisotopic (exact) mass is 296 g/mol. The summed E-state index contributed by atoms with van der Waals surface area (Å²) >= 11 is 0. The Kier molecular flexibility index (Phi) is 12.1. The van der Waals surface area contributed by atoms with Crippen LogP contribution in [0, 0.1) is 11.5 Å². The number of rotatable bonds is 4. The summed E-state index contributed by atoms with van der Waals surface area (Å²) in [4.78, 5) is 0. The van der Waals surface area contributed by atoms with Crippen LogP contribution in [0.5, 0.6) is 0 Å². The van der Waals surface area contributed by atoms with Gasteiger partial charge in [-0.3, -0.25) is 0 Å². The first-order valence-electron chi connectivity index (χ1n) is 5.31. The third-order valence-corrected chi connectivity index (χ3v) is 3.19. The molecule has 104 valence electrons. The molecule has 0 aliphatic rings. The number of aliphatic hydroxyl groups excluding tert-OH is 2. The minimum absolute atomic E-state index is 0.0928. The van der Waals surface area contributed by atoms with Gasteiger partial charge in [0.05, 0.1) is 0 Å². The topological polar surface area (TPSA) is 74.6 Å². The summed E-state index contributed by atoms with van der Waals surface area (Å²) in [6.07, 6.45) is 0. The van der Waals surface area contributed by atoms with Gasteiger partial charge in [-0.05, 0) is 0 Å². The molecule has 0 unspecified atom stereocenters. The molecule has 8 heteroatoms. The van der Waals surface area contributed by atoms with E-state index in [1.54, 1.807) is 0 Å². The first-order valence-corrected chi connectivity index (χ1v) is 6.94. The normalized spacial score (nSPS) is 10.6. The Morgan fingerprint density at radius 1 is 0.833 bits per heavy atom. The van der Waals surface area contributed by atoms with E-state index in [-0.39, 0.29) is 29.0 Å². The van der Waals surface area contributed by atoms with E-state index in [0.29, 0.717) is 22.1 Å². The van der Waals surface area contributed by atoms with Gasteiger partial charge in [0.2, 0.25) is 0 Å². The second-order valence-corrected chi connectivity index (χ2v) is 5.41. The number of hydrogen-bond donors (Lipinski definition) is 2. The number of hydrogen-bond acceptors (Lipinski definition) is 4. The van der Waals surface area contributed by atoms with Crippen molar-refractivity contribution in [2.75, 3.05) is 54.5 Å². The molecule has 0 bridgehead atoms. The number of nitrogens with zero attached hydrogens (tertiary/aromatic N) is 2. The summed E-state index contributed by atoms with van der Waals surface area (Å²) in [7, 11) is 7.07. The van der Waals surface area contributed by atoms with Crippen LogP contribution in [-0.2, 0) is 9.13 Å². The predicted octanol–water partition coefficient (Wildman–Crippen LogP) is 0.527. The van der Waals surface area contributed by atoms with Crippen molar-refractivity contribution in [1.29, 1.82) is 0 Å². The Bertz CT molecular complexity index is 383. The van der Waals surface area contributed by atoms with Crippen LogP contribution in [0.2, 0.25) is 0 Å². The van der Waals surface area contributed by atoms with Gasteiger partial charge >= 0.3 is 110 Å². The van der Waals surface area contributed by atoms with E-state index in [0.717, 1.165) is 0 Å². The SMILES string of the molecule is C[N+](C)(C#P=O)CCO.C[N+](C)(C#P=O)CCO. The molecule has 2 N–H and O–H groups in total. The van der Waals surface area contributed by atoms with E-state index in [9.17, 15) is 9.13 Å². The zero-order valence-electron chi connectivity index (χ0n) is 11.3. The minimum atomic E-state index is -0.105. The molecule has 0 saturated heterocycles. The Morgan fingerprint density at radius 3 is 1.28 bits per heavy atom. The van der Waals surface area contributed by atoms with Crippen molar-refractivity contribution in [3.05, 3.63) is 0 Å². The van der Waals surface area contributed by atoms with Crippen LogP contribution >= 0.6 is 15.8 Å². The van der Waals surface area contributed by atoms with Gasteiger partial charge in [-0.25, -0.2) is 0 Å².